The second-order valence-electron chi connectivity index (χ2n) is 5.52. The maximum Gasteiger partial charge on any atom is 0.0138 e. The predicted octanol–water partition coefficient (Wildman–Crippen LogP) is 2.76. The Labute approximate surface area is 92.7 Å². The zero-order chi connectivity index (χ0) is 11.1. The molecule has 0 amide bonds. The van der Waals surface area contributed by atoms with Crippen molar-refractivity contribution in [3.8, 4) is 0 Å². The average molecular weight is 203 g/mol. The fourth-order valence-electron chi connectivity index (χ4n) is 2.62. The zero-order valence-electron chi connectivity index (χ0n) is 10.1. The van der Waals surface area contributed by atoms with E-state index in [9.17, 15) is 0 Å². The van der Waals surface area contributed by atoms with Crippen molar-refractivity contribution in [3.63, 3.8) is 0 Å². The molecule has 1 nitrogen and oxygen atoms in total. The number of nitrogens with two attached hydrogens (primary N) is 1. The molecule has 0 saturated heterocycles. The largest absolute Gasteiger partial charge is 0.325 e. The van der Waals surface area contributed by atoms with Crippen LogP contribution in [0.5, 0.6) is 0 Å². The normalized spacial score (nSPS) is 15.5. The molecule has 1 heteroatoms. The van der Waals surface area contributed by atoms with Crippen molar-refractivity contribution in [2.75, 3.05) is 0 Å². The molecule has 0 unspecified atom stereocenters. The Hall–Kier alpha value is -0.820. The molecular formula is C14H21N. The monoisotopic (exact) mass is 203 g/mol. The Morgan fingerprint density at radius 2 is 1.87 bits per heavy atom. The molecular weight excluding hydrogens is 182 g/mol. The molecule has 0 fully saturated rings. The topological polar surface area (TPSA) is 26.0 Å². The van der Waals surface area contributed by atoms with Crippen molar-refractivity contribution in [3.05, 3.63) is 34.4 Å². The molecule has 0 radical (unpaired) electrons. The van der Waals surface area contributed by atoms with E-state index in [2.05, 4.69) is 32.9 Å². The molecule has 1 aromatic rings. The lowest BCUT2D eigenvalue weighted by Crippen LogP contribution is -2.34. The van der Waals surface area contributed by atoms with Gasteiger partial charge in [0, 0.05) is 5.54 Å². The molecule has 0 saturated carbocycles. The fraction of sp³-hybridized carbons (Fsp3) is 0.571. The minimum absolute atomic E-state index is 0.0916. The Kier molecular flexibility index (Phi) is 2.59. The van der Waals surface area contributed by atoms with Gasteiger partial charge in [-0.2, -0.15) is 0 Å². The SMILES string of the molecule is Cc1ccc(CC(C)(C)N)c2c1CCC2. The molecule has 15 heavy (non-hydrogen) atoms. The van der Waals surface area contributed by atoms with Gasteiger partial charge in [0.2, 0.25) is 0 Å². The fourth-order valence-corrected chi connectivity index (χ4v) is 2.62. The summed E-state index contributed by atoms with van der Waals surface area (Å²) in [5.41, 5.74) is 12.1. The number of aryl methyl sites for hydroxylation is 1. The van der Waals surface area contributed by atoms with Crippen molar-refractivity contribution in [1.29, 1.82) is 0 Å². The third-order valence-corrected chi connectivity index (χ3v) is 3.26. The van der Waals surface area contributed by atoms with E-state index in [1.165, 1.54) is 30.4 Å². The summed E-state index contributed by atoms with van der Waals surface area (Å²) in [6, 6.07) is 4.53. The molecule has 0 aromatic heterocycles. The first-order valence-corrected chi connectivity index (χ1v) is 5.86. The van der Waals surface area contributed by atoms with Crippen molar-refractivity contribution in [1.82, 2.24) is 0 Å². The van der Waals surface area contributed by atoms with Gasteiger partial charge in [-0.1, -0.05) is 12.1 Å². The Morgan fingerprint density at radius 3 is 2.53 bits per heavy atom. The van der Waals surface area contributed by atoms with Crippen LogP contribution < -0.4 is 5.73 Å². The van der Waals surface area contributed by atoms with Gasteiger partial charge in [0.05, 0.1) is 0 Å². The molecule has 0 spiro atoms. The molecule has 82 valence electrons. The van der Waals surface area contributed by atoms with Crippen LogP contribution in [0.1, 0.15) is 42.5 Å². The molecule has 0 bridgehead atoms. The van der Waals surface area contributed by atoms with Crippen LogP contribution in [0.4, 0.5) is 0 Å². The molecule has 0 aliphatic heterocycles. The van der Waals surface area contributed by atoms with Crippen LogP contribution in [0.15, 0.2) is 12.1 Å². The lowest BCUT2D eigenvalue weighted by atomic mass is 9.90. The Morgan fingerprint density at radius 1 is 1.20 bits per heavy atom. The lowest BCUT2D eigenvalue weighted by molar-refractivity contribution is 0.515. The van der Waals surface area contributed by atoms with Crippen LogP contribution in [-0.4, -0.2) is 5.54 Å². The van der Waals surface area contributed by atoms with E-state index in [4.69, 9.17) is 5.73 Å². The molecule has 2 rings (SSSR count). The lowest BCUT2D eigenvalue weighted by Gasteiger charge is -2.21. The van der Waals surface area contributed by atoms with Gasteiger partial charge in [0.25, 0.3) is 0 Å². The Bertz CT molecular complexity index is 372. The highest BCUT2D eigenvalue weighted by molar-refractivity contribution is 5.44. The van der Waals surface area contributed by atoms with Gasteiger partial charge in [-0.05, 0) is 68.7 Å². The summed E-state index contributed by atoms with van der Waals surface area (Å²) in [7, 11) is 0. The smallest absolute Gasteiger partial charge is 0.0138 e. The second kappa shape index (κ2) is 3.64. The summed E-state index contributed by atoms with van der Waals surface area (Å²) < 4.78 is 0. The Balaban J connectivity index is 2.38. The highest BCUT2D eigenvalue weighted by Crippen LogP contribution is 2.29. The van der Waals surface area contributed by atoms with Crippen molar-refractivity contribution in [2.24, 2.45) is 5.73 Å². The quantitative estimate of drug-likeness (QED) is 0.786. The third-order valence-electron chi connectivity index (χ3n) is 3.26. The van der Waals surface area contributed by atoms with Crippen LogP contribution >= 0.6 is 0 Å². The molecule has 2 N–H and O–H groups in total. The number of hydrogen-bond donors (Lipinski definition) is 1. The molecule has 0 atom stereocenters. The van der Waals surface area contributed by atoms with E-state index in [1.54, 1.807) is 11.1 Å². The molecule has 0 heterocycles. The van der Waals surface area contributed by atoms with Crippen LogP contribution in [0.25, 0.3) is 0 Å². The maximum absolute atomic E-state index is 6.10. The third kappa shape index (κ3) is 2.23. The van der Waals surface area contributed by atoms with E-state index in [0.717, 1.165) is 6.42 Å². The van der Waals surface area contributed by atoms with Crippen molar-refractivity contribution >= 4 is 0 Å². The van der Waals surface area contributed by atoms with E-state index >= 15 is 0 Å². The second-order valence-corrected chi connectivity index (χ2v) is 5.52. The highest BCUT2D eigenvalue weighted by Gasteiger charge is 2.20. The van der Waals surface area contributed by atoms with E-state index in [1.807, 2.05) is 0 Å². The van der Waals surface area contributed by atoms with Gasteiger partial charge in [-0.25, -0.2) is 0 Å². The van der Waals surface area contributed by atoms with Crippen LogP contribution in [0.3, 0.4) is 0 Å². The zero-order valence-corrected chi connectivity index (χ0v) is 10.1. The average Bonchev–Trinajstić information content (AvgIpc) is 2.57. The van der Waals surface area contributed by atoms with Gasteiger partial charge < -0.3 is 5.73 Å². The minimum atomic E-state index is -0.0916. The van der Waals surface area contributed by atoms with E-state index in [-0.39, 0.29) is 5.54 Å². The van der Waals surface area contributed by atoms with Crippen molar-refractivity contribution in [2.45, 2.75) is 52.0 Å². The van der Waals surface area contributed by atoms with Gasteiger partial charge in [0.1, 0.15) is 0 Å². The van der Waals surface area contributed by atoms with Crippen molar-refractivity contribution < 1.29 is 0 Å². The predicted molar refractivity (Wildman–Crippen MR) is 65.2 cm³/mol. The van der Waals surface area contributed by atoms with Crippen LogP contribution in [0.2, 0.25) is 0 Å². The summed E-state index contributed by atoms with van der Waals surface area (Å²) in [5.74, 6) is 0. The number of rotatable bonds is 2. The first-order chi connectivity index (χ1) is 6.97. The van der Waals surface area contributed by atoms with Crippen LogP contribution in [-0.2, 0) is 19.3 Å². The summed E-state index contributed by atoms with van der Waals surface area (Å²) in [4.78, 5) is 0. The number of benzene rings is 1. The molecule has 1 aliphatic rings. The van der Waals surface area contributed by atoms with Gasteiger partial charge >= 0.3 is 0 Å². The first-order valence-electron chi connectivity index (χ1n) is 5.86. The van der Waals surface area contributed by atoms with E-state index in [0.29, 0.717) is 0 Å². The maximum atomic E-state index is 6.10. The van der Waals surface area contributed by atoms with Gasteiger partial charge in [-0.15, -0.1) is 0 Å². The summed E-state index contributed by atoms with van der Waals surface area (Å²) in [6.45, 7) is 6.43. The van der Waals surface area contributed by atoms with Gasteiger partial charge in [0.15, 0.2) is 0 Å². The van der Waals surface area contributed by atoms with Gasteiger partial charge in [-0.3, -0.25) is 0 Å². The molecule has 1 aliphatic carbocycles. The number of hydrogen-bond acceptors (Lipinski definition) is 1. The summed E-state index contributed by atoms with van der Waals surface area (Å²) in [5, 5.41) is 0. The summed E-state index contributed by atoms with van der Waals surface area (Å²) in [6.07, 6.45) is 4.83. The number of fused-ring (bicyclic) bond motifs is 1. The molecule has 1 aromatic carbocycles. The highest BCUT2D eigenvalue weighted by atomic mass is 14.7. The first kappa shape index (κ1) is 10.7. The van der Waals surface area contributed by atoms with E-state index < -0.39 is 0 Å². The standard InChI is InChI=1S/C14H21N/c1-10-7-8-11(9-14(2,3)15)13-6-4-5-12(10)13/h7-8H,4-6,9,15H2,1-3H3. The van der Waals surface area contributed by atoms with Crippen LogP contribution in [0, 0.1) is 6.92 Å². The minimum Gasteiger partial charge on any atom is -0.325 e. The summed E-state index contributed by atoms with van der Waals surface area (Å²) >= 11 is 0.